The van der Waals surface area contributed by atoms with Crippen LogP contribution >= 0.6 is 0 Å². The number of rotatable bonds is 9. The van der Waals surface area contributed by atoms with Gasteiger partial charge in [0.1, 0.15) is 18.2 Å². The number of ether oxygens (including phenoxy) is 1. The fourth-order valence-corrected chi connectivity index (χ4v) is 5.48. The molecule has 0 saturated carbocycles. The van der Waals surface area contributed by atoms with Crippen molar-refractivity contribution in [2.45, 2.75) is 24.4 Å². The Morgan fingerprint density at radius 1 is 1.05 bits per heavy atom. The van der Waals surface area contributed by atoms with Gasteiger partial charge in [-0.2, -0.15) is 17.9 Å². The molecule has 0 spiro atoms. The van der Waals surface area contributed by atoms with Crippen LogP contribution in [0.5, 0.6) is 5.75 Å². The summed E-state index contributed by atoms with van der Waals surface area (Å²) in [6.07, 6.45) is 2.12. The van der Waals surface area contributed by atoms with Gasteiger partial charge in [-0.3, -0.25) is 4.79 Å². The van der Waals surface area contributed by atoms with Crippen LogP contribution in [0.3, 0.4) is 0 Å². The third-order valence-electron chi connectivity index (χ3n) is 6.80. The molecule has 2 aromatic heterocycles. The summed E-state index contributed by atoms with van der Waals surface area (Å²) in [4.78, 5) is 24.8. The molecule has 0 saturated heterocycles. The highest BCUT2D eigenvalue weighted by Gasteiger charge is 2.47. The number of H-pyrrole nitrogens is 2. The van der Waals surface area contributed by atoms with Gasteiger partial charge in [-0.05, 0) is 74.5 Å². The normalized spacial score (nSPS) is 15.3. The standard InChI is InChI=1S/C28H28F3N5O4S/c1-36(2)13-14-40-21-7-3-17(4-8-21)27-33-25(26(34-27)20-11-12-32-24(37)16-20)19-5-9-22-18(15-19)6-10-23(22)35-41(38,39)28(29,30)31/h3-5,7-9,11-12,15-16,23,35H,6,10,13-14H2,1-2H3,(H,32,37)(H,33,34). The first-order valence-electron chi connectivity index (χ1n) is 12.8. The van der Waals surface area contributed by atoms with Crippen LogP contribution in [0.25, 0.3) is 33.9 Å². The van der Waals surface area contributed by atoms with Gasteiger partial charge < -0.3 is 19.6 Å². The van der Waals surface area contributed by atoms with Crippen LogP contribution < -0.4 is 15.0 Å². The van der Waals surface area contributed by atoms with E-state index in [9.17, 15) is 26.4 Å². The fraction of sp³-hybridized carbons (Fsp3) is 0.286. The number of alkyl halides is 3. The van der Waals surface area contributed by atoms with Crippen molar-refractivity contribution >= 4 is 10.0 Å². The summed E-state index contributed by atoms with van der Waals surface area (Å²) in [5, 5.41) is 0. The second-order valence-corrected chi connectivity index (χ2v) is 11.7. The Morgan fingerprint density at radius 2 is 1.78 bits per heavy atom. The zero-order chi connectivity index (χ0) is 29.4. The van der Waals surface area contributed by atoms with Crippen molar-refractivity contribution in [3.63, 3.8) is 0 Å². The van der Waals surface area contributed by atoms with E-state index in [0.29, 0.717) is 52.7 Å². The third kappa shape index (κ3) is 6.21. The molecule has 1 unspecified atom stereocenters. The average Bonchev–Trinajstić information content (AvgIpc) is 3.53. The number of aryl methyl sites for hydroxylation is 1. The molecule has 216 valence electrons. The van der Waals surface area contributed by atoms with Crippen molar-refractivity contribution in [1.29, 1.82) is 0 Å². The molecule has 4 aromatic rings. The molecule has 1 aliphatic rings. The largest absolute Gasteiger partial charge is 0.511 e. The van der Waals surface area contributed by atoms with Crippen LogP contribution in [0.4, 0.5) is 13.2 Å². The second-order valence-electron chi connectivity index (χ2n) is 10.00. The molecule has 1 aliphatic carbocycles. The number of nitrogens with one attached hydrogen (secondary N) is 3. The maximum absolute atomic E-state index is 12.9. The van der Waals surface area contributed by atoms with E-state index in [1.165, 1.54) is 12.3 Å². The van der Waals surface area contributed by atoms with E-state index >= 15 is 0 Å². The monoisotopic (exact) mass is 587 g/mol. The Morgan fingerprint density at radius 3 is 2.46 bits per heavy atom. The van der Waals surface area contributed by atoms with Crippen molar-refractivity contribution < 1.29 is 26.3 Å². The second kappa shape index (κ2) is 11.1. The van der Waals surface area contributed by atoms with E-state index in [4.69, 9.17) is 9.72 Å². The molecular formula is C28H28F3N5O4S. The van der Waals surface area contributed by atoms with Gasteiger partial charge in [0.15, 0.2) is 0 Å². The Bertz CT molecular complexity index is 1710. The molecule has 0 radical (unpaired) electrons. The van der Waals surface area contributed by atoms with E-state index in [-0.39, 0.29) is 12.0 Å². The maximum atomic E-state index is 12.9. The highest BCUT2D eigenvalue weighted by molar-refractivity contribution is 7.90. The number of fused-ring (bicyclic) bond motifs is 1. The molecule has 9 nitrogen and oxygen atoms in total. The van der Waals surface area contributed by atoms with E-state index in [1.807, 2.05) is 49.3 Å². The van der Waals surface area contributed by atoms with Crippen LogP contribution in [-0.4, -0.2) is 61.0 Å². The van der Waals surface area contributed by atoms with Gasteiger partial charge in [0.2, 0.25) is 5.56 Å². The van der Waals surface area contributed by atoms with Gasteiger partial charge in [0.05, 0.1) is 11.4 Å². The summed E-state index contributed by atoms with van der Waals surface area (Å²) in [7, 11) is -1.55. The van der Waals surface area contributed by atoms with Gasteiger partial charge in [-0.25, -0.2) is 13.4 Å². The number of pyridine rings is 1. The van der Waals surface area contributed by atoms with Crippen LogP contribution in [0.2, 0.25) is 0 Å². The minimum absolute atomic E-state index is 0.201. The van der Waals surface area contributed by atoms with Crippen molar-refractivity contribution in [2.75, 3.05) is 27.2 Å². The summed E-state index contributed by atoms with van der Waals surface area (Å²) >= 11 is 0. The van der Waals surface area contributed by atoms with Gasteiger partial charge in [0.25, 0.3) is 0 Å². The SMILES string of the molecule is CN(C)CCOc1ccc(-c2nc(-c3cc[nH]c(=O)c3)c(-c3ccc4c(c3)CCC4NS(=O)(=O)C(F)(F)F)[nH]2)cc1. The van der Waals surface area contributed by atoms with Crippen LogP contribution in [0.1, 0.15) is 23.6 Å². The lowest BCUT2D eigenvalue weighted by Gasteiger charge is -2.16. The van der Waals surface area contributed by atoms with Crippen molar-refractivity contribution in [1.82, 2.24) is 24.6 Å². The molecule has 0 fully saturated rings. The van der Waals surface area contributed by atoms with E-state index in [2.05, 4.69) is 9.97 Å². The van der Waals surface area contributed by atoms with Crippen LogP contribution in [0.15, 0.2) is 65.6 Å². The van der Waals surface area contributed by atoms with Crippen LogP contribution in [0, 0.1) is 0 Å². The molecule has 3 N–H and O–H groups in total. The molecule has 2 aromatic carbocycles. The lowest BCUT2D eigenvalue weighted by molar-refractivity contribution is -0.0451. The number of imidazole rings is 1. The predicted molar refractivity (Wildman–Crippen MR) is 149 cm³/mol. The number of sulfonamides is 1. The molecule has 0 bridgehead atoms. The Labute approximate surface area is 234 Å². The molecule has 0 aliphatic heterocycles. The van der Waals surface area contributed by atoms with Gasteiger partial charge in [0, 0.05) is 41.5 Å². The Balaban J connectivity index is 1.48. The summed E-state index contributed by atoms with van der Waals surface area (Å²) in [5.74, 6) is 1.26. The first-order chi connectivity index (χ1) is 19.4. The van der Waals surface area contributed by atoms with Gasteiger partial charge in [-0.1, -0.05) is 12.1 Å². The topological polar surface area (TPSA) is 120 Å². The summed E-state index contributed by atoms with van der Waals surface area (Å²) in [5.41, 5.74) is -1.29. The highest BCUT2D eigenvalue weighted by atomic mass is 32.2. The number of benzene rings is 2. The minimum atomic E-state index is -5.48. The summed E-state index contributed by atoms with van der Waals surface area (Å²) < 4.78 is 69.7. The maximum Gasteiger partial charge on any atom is 0.511 e. The fourth-order valence-electron chi connectivity index (χ4n) is 4.72. The van der Waals surface area contributed by atoms with E-state index in [1.54, 1.807) is 22.9 Å². The quantitative estimate of drug-likeness (QED) is 0.266. The summed E-state index contributed by atoms with van der Waals surface area (Å²) in [6, 6.07) is 14.8. The number of hydrogen-bond acceptors (Lipinski definition) is 6. The Hall–Kier alpha value is -3.94. The number of likely N-dealkylation sites (N-methyl/N-ethyl adjacent to an activating group) is 1. The summed E-state index contributed by atoms with van der Waals surface area (Å²) in [6.45, 7) is 1.32. The average molecular weight is 588 g/mol. The minimum Gasteiger partial charge on any atom is -0.492 e. The lowest BCUT2D eigenvalue weighted by Crippen LogP contribution is -2.38. The lowest BCUT2D eigenvalue weighted by atomic mass is 10.0. The third-order valence-corrected chi connectivity index (χ3v) is 8.00. The first kappa shape index (κ1) is 28.6. The Kier molecular flexibility index (Phi) is 7.77. The number of nitrogens with zero attached hydrogens (tertiary/aromatic N) is 2. The van der Waals surface area contributed by atoms with Crippen molar-refractivity contribution in [2.24, 2.45) is 0 Å². The molecule has 41 heavy (non-hydrogen) atoms. The van der Waals surface area contributed by atoms with Gasteiger partial charge >= 0.3 is 15.5 Å². The first-order valence-corrected chi connectivity index (χ1v) is 14.3. The van der Waals surface area contributed by atoms with E-state index in [0.717, 1.165) is 17.7 Å². The number of hydrogen-bond donors (Lipinski definition) is 3. The predicted octanol–water partition coefficient (Wildman–Crippen LogP) is 4.47. The number of aromatic amines is 2. The zero-order valence-electron chi connectivity index (χ0n) is 22.2. The van der Waals surface area contributed by atoms with Gasteiger partial charge in [-0.15, -0.1) is 0 Å². The molecule has 1 atom stereocenters. The van der Waals surface area contributed by atoms with Crippen LogP contribution in [-0.2, 0) is 16.4 Å². The molecule has 5 rings (SSSR count). The molecular weight excluding hydrogens is 559 g/mol. The highest BCUT2D eigenvalue weighted by Crippen LogP contribution is 2.39. The molecule has 0 amide bonds. The molecule has 13 heteroatoms. The van der Waals surface area contributed by atoms with Crippen molar-refractivity contribution in [3.8, 4) is 39.7 Å². The smallest absolute Gasteiger partial charge is 0.492 e. The molecule has 2 heterocycles. The van der Waals surface area contributed by atoms with Crippen molar-refractivity contribution in [3.05, 3.63) is 82.3 Å². The number of halogens is 3. The number of aromatic nitrogens is 3. The zero-order valence-corrected chi connectivity index (χ0v) is 23.1. The van der Waals surface area contributed by atoms with E-state index < -0.39 is 21.6 Å².